The van der Waals surface area contributed by atoms with Gasteiger partial charge >= 0.3 is 0 Å². The number of nitrogens with zero attached hydrogens (tertiary/aromatic N) is 2. The zero-order chi connectivity index (χ0) is 13.8. The van der Waals surface area contributed by atoms with Gasteiger partial charge in [-0.25, -0.2) is 0 Å². The highest BCUT2D eigenvalue weighted by atomic mass is 14.9. The molecule has 3 heteroatoms. The molecule has 2 rings (SSSR count). The first-order chi connectivity index (χ1) is 9.08. The van der Waals surface area contributed by atoms with Crippen molar-refractivity contribution in [3.63, 3.8) is 0 Å². The Kier molecular flexibility index (Phi) is 4.27. The molecule has 100 valence electrons. The summed E-state index contributed by atoms with van der Waals surface area (Å²) >= 11 is 0. The van der Waals surface area contributed by atoms with Crippen LogP contribution in [-0.2, 0) is 6.54 Å². The molecule has 0 aromatic carbocycles. The third kappa shape index (κ3) is 3.38. The van der Waals surface area contributed by atoms with E-state index in [1.807, 2.05) is 19.2 Å². The van der Waals surface area contributed by atoms with E-state index in [2.05, 4.69) is 48.2 Å². The maximum Gasteiger partial charge on any atom is 0.0426 e. The Balaban J connectivity index is 2.10. The summed E-state index contributed by atoms with van der Waals surface area (Å²) in [5.41, 5.74) is 6.00. The van der Waals surface area contributed by atoms with Crippen LogP contribution in [0.15, 0.2) is 30.6 Å². The predicted octanol–water partition coefficient (Wildman–Crippen LogP) is 3.25. The van der Waals surface area contributed by atoms with Crippen LogP contribution in [0.2, 0.25) is 0 Å². The molecular weight excluding hydrogens is 234 g/mol. The van der Waals surface area contributed by atoms with E-state index in [1.165, 1.54) is 16.7 Å². The largest absolute Gasteiger partial charge is 0.306 e. The fourth-order valence-electron chi connectivity index (χ4n) is 2.56. The number of pyridine rings is 2. The lowest BCUT2D eigenvalue weighted by atomic mass is 10.0. The predicted molar refractivity (Wildman–Crippen MR) is 77.9 cm³/mol. The fourth-order valence-corrected chi connectivity index (χ4v) is 2.56. The third-order valence-corrected chi connectivity index (χ3v) is 3.35. The second-order valence-electron chi connectivity index (χ2n) is 5.04. The fraction of sp³-hybridized carbons (Fsp3) is 0.375. The van der Waals surface area contributed by atoms with Gasteiger partial charge in [0.25, 0.3) is 0 Å². The van der Waals surface area contributed by atoms with Crippen molar-refractivity contribution in [1.82, 2.24) is 15.3 Å². The first-order valence-electron chi connectivity index (χ1n) is 6.65. The van der Waals surface area contributed by atoms with Crippen LogP contribution in [0.3, 0.4) is 0 Å². The molecule has 0 saturated carbocycles. The molecule has 0 spiro atoms. The molecule has 2 aromatic heterocycles. The van der Waals surface area contributed by atoms with Gasteiger partial charge in [0.2, 0.25) is 0 Å². The van der Waals surface area contributed by atoms with Gasteiger partial charge in [-0.15, -0.1) is 0 Å². The SMILES string of the molecule is Cc1cc(C)c(C(C)NCc2cccnc2)c(C)n1. The summed E-state index contributed by atoms with van der Waals surface area (Å²) in [5.74, 6) is 0. The molecule has 0 radical (unpaired) electrons. The first kappa shape index (κ1) is 13.7. The van der Waals surface area contributed by atoms with Gasteiger partial charge in [0.1, 0.15) is 0 Å². The van der Waals surface area contributed by atoms with Crippen molar-refractivity contribution in [3.8, 4) is 0 Å². The second-order valence-corrected chi connectivity index (χ2v) is 5.04. The topological polar surface area (TPSA) is 37.8 Å². The van der Waals surface area contributed by atoms with Crippen molar-refractivity contribution in [2.75, 3.05) is 0 Å². The highest BCUT2D eigenvalue weighted by Gasteiger charge is 2.12. The highest BCUT2D eigenvalue weighted by molar-refractivity contribution is 5.33. The molecule has 2 heterocycles. The Bertz CT molecular complexity index is 526. The molecule has 1 unspecified atom stereocenters. The van der Waals surface area contributed by atoms with Crippen LogP contribution in [0, 0.1) is 20.8 Å². The third-order valence-electron chi connectivity index (χ3n) is 3.35. The molecule has 1 atom stereocenters. The van der Waals surface area contributed by atoms with Crippen molar-refractivity contribution in [1.29, 1.82) is 0 Å². The van der Waals surface area contributed by atoms with Gasteiger partial charge in [-0.3, -0.25) is 9.97 Å². The molecular formula is C16H21N3. The number of rotatable bonds is 4. The van der Waals surface area contributed by atoms with Crippen molar-refractivity contribution >= 4 is 0 Å². The Morgan fingerprint density at radius 2 is 2.05 bits per heavy atom. The van der Waals surface area contributed by atoms with Gasteiger partial charge in [0, 0.05) is 36.4 Å². The molecule has 2 aromatic rings. The van der Waals surface area contributed by atoms with Crippen molar-refractivity contribution in [2.24, 2.45) is 0 Å². The number of aryl methyl sites for hydroxylation is 3. The summed E-state index contributed by atoms with van der Waals surface area (Å²) in [4.78, 5) is 8.69. The maximum atomic E-state index is 4.56. The highest BCUT2D eigenvalue weighted by Crippen LogP contribution is 2.21. The van der Waals surface area contributed by atoms with Gasteiger partial charge in [0.05, 0.1) is 0 Å². The number of hydrogen-bond acceptors (Lipinski definition) is 3. The molecule has 3 nitrogen and oxygen atoms in total. The van der Waals surface area contributed by atoms with E-state index in [0.717, 1.165) is 17.9 Å². The van der Waals surface area contributed by atoms with Crippen LogP contribution in [-0.4, -0.2) is 9.97 Å². The van der Waals surface area contributed by atoms with E-state index in [0.29, 0.717) is 0 Å². The molecule has 0 aliphatic rings. The molecule has 0 aliphatic heterocycles. The lowest BCUT2D eigenvalue weighted by Crippen LogP contribution is -2.20. The van der Waals surface area contributed by atoms with Gasteiger partial charge in [-0.05, 0) is 56.5 Å². The van der Waals surface area contributed by atoms with Crippen molar-refractivity contribution in [2.45, 2.75) is 40.3 Å². The normalized spacial score (nSPS) is 12.4. The van der Waals surface area contributed by atoms with E-state index in [9.17, 15) is 0 Å². The zero-order valence-corrected chi connectivity index (χ0v) is 12.1. The standard InChI is InChI=1S/C16H21N3/c1-11-8-12(2)19-14(4)16(11)13(3)18-10-15-6-5-7-17-9-15/h5-9,13,18H,10H2,1-4H3. The smallest absolute Gasteiger partial charge is 0.0426 e. The number of nitrogens with one attached hydrogen (secondary N) is 1. The van der Waals surface area contributed by atoms with Crippen LogP contribution in [0.1, 0.15) is 41.0 Å². The summed E-state index contributed by atoms with van der Waals surface area (Å²) in [7, 11) is 0. The molecule has 1 N–H and O–H groups in total. The Morgan fingerprint density at radius 1 is 1.26 bits per heavy atom. The van der Waals surface area contributed by atoms with Crippen LogP contribution in [0.25, 0.3) is 0 Å². The summed E-state index contributed by atoms with van der Waals surface area (Å²) < 4.78 is 0. The van der Waals surface area contributed by atoms with E-state index < -0.39 is 0 Å². The van der Waals surface area contributed by atoms with Crippen LogP contribution in [0.4, 0.5) is 0 Å². The number of hydrogen-bond donors (Lipinski definition) is 1. The molecule has 19 heavy (non-hydrogen) atoms. The molecule has 0 saturated heterocycles. The molecule has 0 amide bonds. The monoisotopic (exact) mass is 255 g/mol. The lowest BCUT2D eigenvalue weighted by molar-refractivity contribution is 0.566. The summed E-state index contributed by atoms with van der Waals surface area (Å²) in [6.07, 6.45) is 3.69. The van der Waals surface area contributed by atoms with Crippen molar-refractivity contribution in [3.05, 3.63) is 58.7 Å². The van der Waals surface area contributed by atoms with E-state index in [4.69, 9.17) is 0 Å². The Hall–Kier alpha value is -1.74. The van der Waals surface area contributed by atoms with E-state index >= 15 is 0 Å². The van der Waals surface area contributed by atoms with Gasteiger partial charge in [-0.1, -0.05) is 6.07 Å². The van der Waals surface area contributed by atoms with E-state index in [1.54, 1.807) is 6.20 Å². The average molecular weight is 255 g/mol. The minimum absolute atomic E-state index is 0.285. The van der Waals surface area contributed by atoms with Crippen molar-refractivity contribution < 1.29 is 0 Å². The second kappa shape index (κ2) is 5.93. The molecule has 0 bridgehead atoms. The minimum atomic E-state index is 0.285. The lowest BCUT2D eigenvalue weighted by Gasteiger charge is -2.19. The van der Waals surface area contributed by atoms with E-state index in [-0.39, 0.29) is 6.04 Å². The number of aromatic nitrogens is 2. The average Bonchev–Trinajstić information content (AvgIpc) is 2.36. The van der Waals surface area contributed by atoms with Crippen LogP contribution >= 0.6 is 0 Å². The summed E-state index contributed by atoms with van der Waals surface area (Å²) in [5, 5.41) is 3.54. The van der Waals surface area contributed by atoms with Crippen LogP contribution in [0.5, 0.6) is 0 Å². The molecule has 0 fully saturated rings. The molecule has 0 aliphatic carbocycles. The quantitative estimate of drug-likeness (QED) is 0.911. The van der Waals surface area contributed by atoms with Gasteiger partial charge < -0.3 is 5.32 Å². The first-order valence-corrected chi connectivity index (χ1v) is 6.65. The van der Waals surface area contributed by atoms with Gasteiger partial charge in [0.15, 0.2) is 0 Å². The Morgan fingerprint density at radius 3 is 2.68 bits per heavy atom. The minimum Gasteiger partial charge on any atom is -0.306 e. The maximum absolute atomic E-state index is 4.56. The Labute approximate surface area is 115 Å². The zero-order valence-electron chi connectivity index (χ0n) is 12.1. The van der Waals surface area contributed by atoms with Gasteiger partial charge in [-0.2, -0.15) is 0 Å². The summed E-state index contributed by atoms with van der Waals surface area (Å²) in [6.45, 7) is 9.28. The summed E-state index contributed by atoms with van der Waals surface area (Å²) in [6, 6.07) is 6.48. The van der Waals surface area contributed by atoms with Crippen LogP contribution < -0.4 is 5.32 Å².